The number of anilines is 4. The van der Waals surface area contributed by atoms with Crippen LogP contribution in [0.2, 0.25) is 0 Å². The van der Waals surface area contributed by atoms with E-state index in [2.05, 4.69) is 37.1 Å². The zero-order chi connectivity index (χ0) is 23.3. The quantitative estimate of drug-likeness (QED) is 0.444. The first-order valence-corrected chi connectivity index (χ1v) is 11.3. The number of nitrogen functional groups attached to an aromatic ring is 1. The molecule has 3 N–H and O–H groups in total. The van der Waals surface area contributed by atoms with E-state index in [4.69, 9.17) is 10.5 Å². The summed E-state index contributed by atoms with van der Waals surface area (Å²) in [4.78, 5) is 17.8. The molecule has 2 aromatic carbocycles. The van der Waals surface area contributed by atoms with Crippen LogP contribution in [0, 0.1) is 0 Å². The van der Waals surface area contributed by atoms with Gasteiger partial charge in [-0.3, -0.25) is 0 Å². The third-order valence-corrected chi connectivity index (χ3v) is 5.72. The fraction of sp³-hybridized carbons (Fsp3) is 0.192. The van der Waals surface area contributed by atoms with Crippen LogP contribution in [0.3, 0.4) is 0 Å². The molecule has 172 valence electrons. The minimum Gasteiger partial charge on any atom is -0.457 e. The summed E-state index contributed by atoms with van der Waals surface area (Å²) < 4.78 is 6.08. The predicted octanol–water partition coefficient (Wildman–Crippen LogP) is 4.41. The van der Waals surface area contributed by atoms with Gasteiger partial charge < -0.3 is 25.6 Å². The highest BCUT2D eigenvalue weighted by Crippen LogP contribution is 2.27. The third kappa shape index (κ3) is 5.24. The molecule has 0 atom stereocenters. The first-order valence-electron chi connectivity index (χ1n) is 11.3. The fourth-order valence-corrected chi connectivity index (χ4v) is 3.85. The summed E-state index contributed by atoms with van der Waals surface area (Å²) in [6.45, 7) is 4.00. The van der Waals surface area contributed by atoms with E-state index < -0.39 is 0 Å². The summed E-state index contributed by atoms with van der Waals surface area (Å²) in [5.74, 6) is 3.30. The standard InChI is InChI=1S/C26H27N7O/c1-32-13-15-33(16-14-32)25-17-22(11-12-28-25)34-21-9-7-20(8-10-21)29-24-18-23(30-26(27)31-24)19-5-3-2-4-6-19/h2-12,17-18H,13-16H2,1H3,(H3,27,29,30,31). The molecule has 0 radical (unpaired) electrons. The van der Waals surface area contributed by atoms with Gasteiger partial charge in [0.1, 0.15) is 23.1 Å². The molecule has 0 spiro atoms. The molecule has 1 aliphatic rings. The molecule has 0 saturated carbocycles. The van der Waals surface area contributed by atoms with Crippen molar-refractivity contribution in [1.82, 2.24) is 19.9 Å². The summed E-state index contributed by atoms with van der Waals surface area (Å²) in [5, 5.41) is 3.29. The maximum Gasteiger partial charge on any atom is 0.222 e. The van der Waals surface area contributed by atoms with Crippen LogP contribution in [0.25, 0.3) is 11.3 Å². The van der Waals surface area contributed by atoms with Gasteiger partial charge in [0.25, 0.3) is 0 Å². The summed E-state index contributed by atoms with van der Waals surface area (Å²) in [6.07, 6.45) is 1.79. The molecule has 1 aliphatic heterocycles. The van der Waals surface area contributed by atoms with E-state index in [0.717, 1.165) is 60.4 Å². The maximum absolute atomic E-state index is 6.08. The Morgan fingerprint density at radius 2 is 1.62 bits per heavy atom. The monoisotopic (exact) mass is 453 g/mol. The van der Waals surface area contributed by atoms with Crippen LogP contribution in [-0.2, 0) is 0 Å². The number of hydrogen-bond acceptors (Lipinski definition) is 8. The van der Waals surface area contributed by atoms with Crippen molar-refractivity contribution < 1.29 is 4.74 Å². The van der Waals surface area contributed by atoms with Gasteiger partial charge in [-0.2, -0.15) is 4.98 Å². The summed E-state index contributed by atoms with van der Waals surface area (Å²) in [6, 6.07) is 23.4. The minimum atomic E-state index is 0.220. The number of piperazine rings is 1. The predicted molar refractivity (Wildman–Crippen MR) is 136 cm³/mol. The Balaban J connectivity index is 1.26. The molecule has 1 fully saturated rings. The smallest absolute Gasteiger partial charge is 0.222 e. The lowest BCUT2D eigenvalue weighted by Crippen LogP contribution is -2.44. The van der Waals surface area contributed by atoms with E-state index in [-0.39, 0.29) is 5.95 Å². The molecule has 0 amide bonds. The van der Waals surface area contributed by atoms with Crippen LogP contribution in [0.15, 0.2) is 79.0 Å². The number of nitrogens with zero attached hydrogens (tertiary/aromatic N) is 5. The Bertz CT molecular complexity index is 1240. The molecular formula is C26H27N7O. The van der Waals surface area contributed by atoms with E-state index in [1.807, 2.05) is 72.8 Å². The molecule has 5 rings (SSSR count). The van der Waals surface area contributed by atoms with Crippen LogP contribution in [0.1, 0.15) is 0 Å². The summed E-state index contributed by atoms with van der Waals surface area (Å²) in [7, 11) is 2.14. The molecular weight excluding hydrogens is 426 g/mol. The van der Waals surface area contributed by atoms with Gasteiger partial charge in [-0.15, -0.1) is 0 Å². The molecule has 0 aliphatic carbocycles. The van der Waals surface area contributed by atoms with Crippen molar-refractivity contribution in [1.29, 1.82) is 0 Å². The second-order valence-electron chi connectivity index (χ2n) is 8.25. The first-order chi connectivity index (χ1) is 16.6. The SMILES string of the molecule is CN1CCN(c2cc(Oc3ccc(Nc4cc(-c5ccccc5)nc(N)n4)cc3)ccn2)CC1. The van der Waals surface area contributed by atoms with Crippen molar-refractivity contribution in [2.45, 2.75) is 0 Å². The molecule has 1 saturated heterocycles. The largest absolute Gasteiger partial charge is 0.457 e. The van der Waals surface area contributed by atoms with Crippen molar-refractivity contribution >= 4 is 23.3 Å². The Morgan fingerprint density at radius 3 is 2.38 bits per heavy atom. The highest BCUT2D eigenvalue weighted by molar-refractivity contribution is 5.67. The topological polar surface area (TPSA) is 92.4 Å². The van der Waals surface area contributed by atoms with Crippen molar-refractivity contribution in [3.8, 4) is 22.8 Å². The molecule has 34 heavy (non-hydrogen) atoms. The van der Waals surface area contributed by atoms with Crippen molar-refractivity contribution in [3.05, 3.63) is 79.0 Å². The van der Waals surface area contributed by atoms with Gasteiger partial charge in [0, 0.05) is 55.8 Å². The number of ether oxygens (including phenoxy) is 1. The van der Waals surface area contributed by atoms with E-state index in [9.17, 15) is 0 Å². The van der Waals surface area contributed by atoms with Crippen LogP contribution in [0.5, 0.6) is 11.5 Å². The highest BCUT2D eigenvalue weighted by atomic mass is 16.5. The number of rotatable bonds is 6. The Kier molecular flexibility index (Phi) is 6.22. The van der Waals surface area contributed by atoms with Crippen LogP contribution in [-0.4, -0.2) is 53.1 Å². The van der Waals surface area contributed by atoms with E-state index in [0.29, 0.717) is 5.82 Å². The number of likely N-dealkylation sites (N-methyl/N-ethyl adjacent to an activating group) is 1. The van der Waals surface area contributed by atoms with Gasteiger partial charge in [0.2, 0.25) is 5.95 Å². The van der Waals surface area contributed by atoms with Gasteiger partial charge in [-0.1, -0.05) is 30.3 Å². The molecule has 8 nitrogen and oxygen atoms in total. The van der Waals surface area contributed by atoms with Gasteiger partial charge in [-0.05, 0) is 37.4 Å². The Hall–Kier alpha value is -4.17. The lowest BCUT2D eigenvalue weighted by molar-refractivity contribution is 0.312. The molecule has 0 bridgehead atoms. The first kappa shape index (κ1) is 21.7. The number of nitrogens with one attached hydrogen (secondary N) is 1. The lowest BCUT2D eigenvalue weighted by atomic mass is 10.1. The fourth-order valence-electron chi connectivity index (χ4n) is 3.85. The average Bonchev–Trinajstić information content (AvgIpc) is 2.86. The molecule has 2 aromatic heterocycles. The highest BCUT2D eigenvalue weighted by Gasteiger charge is 2.15. The van der Waals surface area contributed by atoms with Gasteiger partial charge in [0.05, 0.1) is 5.69 Å². The second kappa shape index (κ2) is 9.76. The zero-order valence-corrected chi connectivity index (χ0v) is 19.1. The number of benzene rings is 2. The minimum absolute atomic E-state index is 0.220. The van der Waals surface area contributed by atoms with Gasteiger partial charge >= 0.3 is 0 Å². The number of aromatic nitrogens is 3. The normalized spacial score (nSPS) is 14.1. The number of nitrogens with two attached hydrogens (primary N) is 1. The average molecular weight is 454 g/mol. The molecule has 0 unspecified atom stereocenters. The molecule has 3 heterocycles. The van der Waals surface area contributed by atoms with Gasteiger partial charge in [-0.25, -0.2) is 9.97 Å². The number of pyridine rings is 1. The van der Waals surface area contributed by atoms with E-state index >= 15 is 0 Å². The summed E-state index contributed by atoms with van der Waals surface area (Å²) in [5.41, 5.74) is 8.56. The third-order valence-electron chi connectivity index (χ3n) is 5.72. The van der Waals surface area contributed by atoms with Crippen LogP contribution >= 0.6 is 0 Å². The second-order valence-corrected chi connectivity index (χ2v) is 8.25. The van der Waals surface area contributed by atoms with Crippen LogP contribution in [0.4, 0.5) is 23.3 Å². The lowest BCUT2D eigenvalue weighted by Gasteiger charge is -2.33. The molecule has 8 heteroatoms. The maximum atomic E-state index is 6.08. The Labute approximate surface area is 199 Å². The number of hydrogen-bond donors (Lipinski definition) is 2. The van der Waals surface area contributed by atoms with E-state index in [1.165, 1.54) is 0 Å². The van der Waals surface area contributed by atoms with Crippen LogP contribution < -0.4 is 20.7 Å². The van der Waals surface area contributed by atoms with Crippen molar-refractivity contribution in [2.75, 3.05) is 49.2 Å². The van der Waals surface area contributed by atoms with Crippen molar-refractivity contribution in [2.24, 2.45) is 0 Å². The van der Waals surface area contributed by atoms with Crippen molar-refractivity contribution in [3.63, 3.8) is 0 Å². The van der Waals surface area contributed by atoms with Gasteiger partial charge in [0.15, 0.2) is 0 Å². The Morgan fingerprint density at radius 1 is 0.853 bits per heavy atom. The zero-order valence-electron chi connectivity index (χ0n) is 19.1. The summed E-state index contributed by atoms with van der Waals surface area (Å²) >= 11 is 0. The molecule has 4 aromatic rings. The van der Waals surface area contributed by atoms with E-state index in [1.54, 1.807) is 6.20 Å².